The third-order valence-corrected chi connectivity index (χ3v) is 4.75. The number of likely N-dealkylation sites (tertiary alicyclic amines) is 1. The monoisotopic (exact) mass is 312 g/mol. The van der Waals surface area contributed by atoms with Crippen LogP contribution in [-0.2, 0) is 9.53 Å². The van der Waals surface area contributed by atoms with E-state index in [4.69, 9.17) is 4.74 Å². The van der Waals surface area contributed by atoms with Crippen LogP contribution in [0.15, 0.2) is 0 Å². The first-order valence-corrected chi connectivity index (χ1v) is 8.56. The van der Waals surface area contributed by atoms with Crippen molar-refractivity contribution in [1.29, 1.82) is 0 Å². The van der Waals surface area contributed by atoms with E-state index >= 15 is 0 Å². The molecule has 2 fully saturated rings. The molecular formula is C16H32N4O2. The van der Waals surface area contributed by atoms with Crippen LogP contribution in [0.5, 0.6) is 0 Å². The molecule has 0 aromatic rings. The van der Waals surface area contributed by atoms with Crippen molar-refractivity contribution in [2.45, 2.75) is 12.8 Å². The van der Waals surface area contributed by atoms with Crippen molar-refractivity contribution in [2.75, 3.05) is 79.7 Å². The third kappa shape index (κ3) is 6.20. The normalized spacial score (nSPS) is 25.3. The molecule has 2 rings (SSSR count). The van der Waals surface area contributed by atoms with Gasteiger partial charge in [-0.25, -0.2) is 0 Å². The first-order chi connectivity index (χ1) is 10.7. The van der Waals surface area contributed by atoms with Gasteiger partial charge in [0.1, 0.15) is 0 Å². The van der Waals surface area contributed by atoms with Crippen molar-refractivity contribution in [1.82, 2.24) is 20.0 Å². The number of hydrogen-bond donors (Lipinski definition) is 1. The minimum Gasteiger partial charge on any atom is -0.383 e. The Morgan fingerprint density at radius 3 is 2.86 bits per heavy atom. The van der Waals surface area contributed by atoms with Gasteiger partial charge in [-0.2, -0.15) is 0 Å². The molecule has 0 aromatic heterocycles. The average Bonchev–Trinajstić information content (AvgIpc) is 2.86. The van der Waals surface area contributed by atoms with Crippen molar-refractivity contribution < 1.29 is 9.53 Å². The number of likely N-dealkylation sites (N-methyl/N-ethyl adjacent to an activating group) is 1. The second-order valence-corrected chi connectivity index (χ2v) is 6.69. The van der Waals surface area contributed by atoms with Gasteiger partial charge >= 0.3 is 0 Å². The molecule has 2 saturated heterocycles. The Morgan fingerprint density at radius 1 is 1.18 bits per heavy atom. The molecule has 0 unspecified atom stereocenters. The second kappa shape index (κ2) is 9.45. The SMILES string of the molecule is COCCN1CC[C@@H](CNC(=O)CN2CCCN(C)CC2)C1. The Kier molecular flexibility index (Phi) is 7.59. The summed E-state index contributed by atoms with van der Waals surface area (Å²) in [5, 5.41) is 3.13. The van der Waals surface area contributed by atoms with E-state index in [1.165, 1.54) is 6.42 Å². The van der Waals surface area contributed by atoms with Crippen LogP contribution in [-0.4, -0.2) is 100 Å². The summed E-state index contributed by atoms with van der Waals surface area (Å²) < 4.78 is 5.12. The maximum absolute atomic E-state index is 12.1. The van der Waals surface area contributed by atoms with Crippen LogP contribution in [0.2, 0.25) is 0 Å². The lowest BCUT2D eigenvalue weighted by Crippen LogP contribution is -2.40. The second-order valence-electron chi connectivity index (χ2n) is 6.69. The number of amides is 1. The fraction of sp³-hybridized carbons (Fsp3) is 0.938. The largest absolute Gasteiger partial charge is 0.383 e. The van der Waals surface area contributed by atoms with Crippen LogP contribution in [0.3, 0.4) is 0 Å². The number of ether oxygens (including phenoxy) is 1. The highest BCUT2D eigenvalue weighted by Gasteiger charge is 2.23. The van der Waals surface area contributed by atoms with Gasteiger partial charge in [0.2, 0.25) is 5.91 Å². The summed E-state index contributed by atoms with van der Waals surface area (Å²) in [6.07, 6.45) is 2.33. The zero-order chi connectivity index (χ0) is 15.8. The molecule has 0 aromatic carbocycles. The van der Waals surface area contributed by atoms with E-state index in [1.54, 1.807) is 7.11 Å². The summed E-state index contributed by atoms with van der Waals surface area (Å²) in [7, 11) is 3.90. The van der Waals surface area contributed by atoms with Crippen LogP contribution >= 0.6 is 0 Å². The van der Waals surface area contributed by atoms with Crippen LogP contribution in [0.1, 0.15) is 12.8 Å². The van der Waals surface area contributed by atoms with Crippen molar-refractivity contribution in [3.05, 3.63) is 0 Å². The van der Waals surface area contributed by atoms with E-state index < -0.39 is 0 Å². The lowest BCUT2D eigenvalue weighted by Gasteiger charge is -2.20. The highest BCUT2D eigenvalue weighted by atomic mass is 16.5. The number of methoxy groups -OCH3 is 1. The Labute approximate surface area is 134 Å². The van der Waals surface area contributed by atoms with Gasteiger partial charge in [-0.15, -0.1) is 0 Å². The number of carbonyl (C=O) groups is 1. The Morgan fingerprint density at radius 2 is 2.05 bits per heavy atom. The maximum Gasteiger partial charge on any atom is 0.234 e. The van der Waals surface area contributed by atoms with E-state index in [1.807, 2.05) is 0 Å². The number of nitrogens with zero attached hydrogens (tertiary/aromatic N) is 3. The Hall–Kier alpha value is -0.690. The van der Waals surface area contributed by atoms with Crippen LogP contribution in [0.4, 0.5) is 0 Å². The molecule has 2 aliphatic rings. The molecule has 1 N–H and O–H groups in total. The quantitative estimate of drug-likeness (QED) is 0.700. The summed E-state index contributed by atoms with van der Waals surface area (Å²) in [5.74, 6) is 0.774. The topological polar surface area (TPSA) is 48.1 Å². The average molecular weight is 312 g/mol. The predicted molar refractivity (Wildman–Crippen MR) is 88.0 cm³/mol. The lowest BCUT2D eigenvalue weighted by molar-refractivity contribution is -0.122. The molecule has 6 nitrogen and oxygen atoms in total. The Bertz CT molecular complexity index is 340. The first-order valence-electron chi connectivity index (χ1n) is 8.56. The van der Waals surface area contributed by atoms with Crippen molar-refractivity contribution in [3.8, 4) is 0 Å². The Balaban J connectivity index is 1.59. The minimum atomic E-state index is 0.180. The fourth-order valence-electron chi connectivity index (χ4n) is 3.28. The highest BCUT2D eigenvalue weighted by molar-refractivity contribution is 5.78. The van der Waals surface area contributed by atoms with Crippen LogP contribution < -0.4 is 5.32 Å². The minimum absolute atomic E-state index is 0.180. The summed E-state index contributed by atoms with van der Waals surface area (Å²) in [4.78, 5) is 19.2. The van der Waals surface area contributed by atoms with E-state index in [9.17, 15) is 4.79 Å². The summed E-state index contributed by atoms with van der Waals surface area (Å²) >= 11 is 0. The molecule has 1 amide bonds. The summed E-state index contributed by atoms with van der Waals surface area (Å²) in [6, 6.07) is 0. The van der Waals surface area contributed by atoms with Crippen molar-refractivity contribution in [2.24, 2.45) is 5.92 Å². The molecule has 0 bridgehead atoms. The molecule has 0 radical (unpaired) electrons. The zero-order valence-corrected chi connectivity index (χ0v) is 14.2. The van der Waals surface area contributed by atoms with Crippen molar-refractivity contribution >= 4 is 5.91 Å². The van der Waals surface area contributed by atoms with Crippen LogP contribution in [0, 0.1) is 5.92 Å². The van der Waals surface area contributed by atoms with Gasteiger partial charge in [0.05, 0.1) is 13.2 Å². The molecule has 2 aliphatic heterocycles. The molecule has 0 aliphatic carbocycles. The highest BCUT2D eigenvalue weighted by Crippen LogP contribution is 2.14. The van der Waals surface area contributed by atoms with E-state index in [-0.39, 0.29) is 5.91 Å². The van der Waals surface area contributed by atoms with Gasteiger partial charge in [-0.3, -0.25) is 9.69 Å². The van der Waals surface area contributed by atoms with Gasteiger partial charge in [0.25, 0.3) is 0 Å². The smallest absolute Gasteiger partial charge is 0.234 e. The third-order valence-electron chi connectivity index (χ3n) is 4.75. The van der Waals surface area contributed by atoms with Gasteiger partial charge in [-0.1, -0.05) is 0 Å². The van der Waals surface area contributed by atoms with Crippen LogP contribution in [0.25, 0.3) is 0 Å². The van der Waals surface area contributed by atoms with Crippen molar-refractivity contribution in [3.63, 3.8) is 0 Å². The van der Waals surface area contributed by atoms with E-state index in [2.05, 4.69) is 27.1 Å². The lowest BCUT2D eigenvalue weighted by atomic mass is 10.1. The summed E-state index contributed by atoms with van der Waals surface area (Å²) in [5.41, 5.74) is 0. The molecule has 6 heteroatoms. The molecule has 22 heavy (non-hydrogen) atoms. The molecule has 1 atom stereocenters. The number of nitrogens with one attached hydrogen (secondary N) is 1. The molecule has 2 heterocycles. The van der Waals surface area contributed by atoms with E-state index in [0.717, 1.165) is 65.4 Å². The van der Waals surface area contributed by atoms with Gasteiger partial charge in [0.15, 0.2) is 0 Å². The summed E-state index contributed by atoms with van der Waals surface area (Å²) in [6.45, 7) is 9.60. The van der Waals surface area contributed by atoms with Gasteiger partial charge in [0, 0.05) is 39.8 Å². The molecule has 128 valence electrons. The molecule has 0 saturated carbocycles. The molecule has 0 spiro atoms. The molecular weight excluding hydrogens is 280 g/mol. The zero-order valence-electron chi connectivity index (χ0n) is 14.2. The van der Waals surface area contributed by atoms with Gasteiger partial charge < -0.3 is 19.9 Å². The number of carbonyl (C=O) groups excluding carboxylic acids is 1. The number of hydrogen-bond acceptors (Lipinski definition) is 5. The number of rotatable bonds is 7. The standard InChI is InChI=1S/C16H32N4O2/c1-18-5-3-6-19(9-8-18)14-16(21)17-12-15-4-7-20(13-15)10-11-22-2/h15H,3-14H2,1-2H3,(H,17,21)/t15-/m0/s1. The predicted octanol–water partition coefficient (Wildman–Crippen LogP) is -0.292. The fourth-order valence-corrected chi connectivity index (χ4v) is 3.28. The first kappa shape index (κ1) is 17.7. The maximum atomic E-state index is 12.1. The van der Waals surface area contributed by atoms with Gasteiger partial charge in [-0.05, 0) is 45.4 Å². The van der Waals surface area contributed by atoms with E-state index in [0.29, 0.717) is 12.5 Å².